The van der Waals surface area contributed by atoms with Crippen LogP contribution in [-0.4, -0.2) is 52.9 Å². The highest BCUT2D eigenvalue weighted by atomic mass is 35.5. The Kier molecular flexibility index (Phi) is 7.85. The summed E-state index contributed by atoms with van der Waals surface area (Å²) in [5.74, 6) is -0.368. The molecule has 5 rings (SSSR count). The number of nitrogens with zero attached hydrogens (tertiary/aromatic N) is 4. The minimum Gasteiger partial charge on any atom is -0.488 e. The van der Waals surface area contributed by atoms with Crippen molar-refractivity contribution >= 4 is 38.6 Å². The Bertz CT molecular complexity index is 1690. The van der Waals surface area contributed by atoms with Crippen LogP contribution in [0.3, 0.4) is 0 Å². The molecule has 1 aliphatic heterocycles. The SMILES string of the molecule is CCOC(=O)CC(c1ccc(Cl)c(CN2C[C@@H](C)Oc3ccccc3S2(=O)=O)c1)c1ccc2c(nnn2C)c1C. The maximum Gasteiger partial charge on any atom is 0.306 e. The van der Waals surface area contributed by atoms with Gasteiger partial charge in [-0.2, -0.15) is 4.31 Å². The van der Waals surface area contributed by atoms with Crippen molar-refractivity contribution in [3.05, 3.63) is 81.9 Å². The summed E-state index contributed by atoms with van der Waals surface area (Å²) < 4.78 is 41.6. The van der Waals surface area contributed by atoms with Gasteiger partial charge in [0.25, 0.3) is 0 Å². The van der Waals surface area contributed by atoms with E-state index in [9.17, 15) is 13.2 Å². The summed E-state index contributed by atoms with van der Waals surface area (Å²) in [5.41, 5.74) is 4.90. The highest BCUT2D eigenvalue weighted by Gasteiger charge is 2.34. The van der Waals surface area contributed by atoms with Crippen molar-refractivity contribution in [2.24, 2.45) is 7.05 Å². The maximum absolute atomic E-state index is 13.6. The van der Waals surface area contributed by atoms with Crippen LogP contribution in [0.1, 0.15) is 48.4 Å². The summed E-state index contributed by atoms with van der Waals surface area (Å²) >= 11 is 6.64. The zero-order chi connectivity index (χ0) is 28.6. The van der Waals surface area contributed by atoms with Gasteiger partial charge in [-0.15, -0.1) is 5.10 Å². The van der Waals surface area contributed by atoms with Crippen LogP contribution in [0.15, 0.2) is 59.5 Å². The first-order chi connectivity index (χ1) is 19.1. The fourth-order valence-electron chi connectivity index (χ4n) is 5.23. The minimum absolute atomic E-state index is 0.0470. The van der Waals surface area contributed by atoms with Gasteiger partial charge in [0.2, 0.25) is 10.0 Å². The standard InChI is InChI=1S/C29H31ClN4O5S/c1-5-38-28(35)15-23(22-11-13-25-29(19(22)3)31-32-33(25)4)20-10-12-24(30)21(14-20)17-34-16-18(2)39-26-8-6-7-9-27(26)40(34,36)37/h6-14,18,23H,5,15-17H2,1-4H3/t18-,23?/m1/s1. The molecule has 0 aliphatic carbocycles. The van der Waals surface area contributed by atoms with Crippen molar-refractivity contribution in [2.45, 2.75) is 50.7 Å². The lowest BCUT2D eigenvalue weighted by molar-refractivity contribution is -0.143. The first-order valence-corrected chi connectivity index (χ1v) is 14.9. The van der Waals surface area contributed by atoms with Crippen LogP contribution < -0.4 is 4.74 Å². The number of carbonyl (C=O) groups excluding carboxylic acids is 1. The van der Waals surface area contributed by atoms with Crippen LogP contribution in [0.25, 0.3) is 11.0 Å². The fourth-order valence-corrected chi connectivity index (χ4v) is 7.02. The molecule has 1 unspecified atom stereocenters. The number of ether oxygens (including phenoxy) is 2. The van der Waals surface area contributed by atoms with E-state index in [1.807, 2.05) is 45.2 Å². The first-order valence-electron chi connectivity index (χ1n) is 13.1. The molecule has 2 heterocycles. The fraction of sp³-hybridized carbons (Fsp3) is 0.345. The summed E-state index contributed by atoms with van der Waals surface area (Å²) in [4.78, 5) is 12.9. The van der Waals surface area contributed by atoms with E-state index in [1.165, 1.54) is 4.31 Å². The third-order valence-corrected chi connectivity index (χ3v) is 9.43. The van der Waals surface area contributed by atoms with Crippen molar-refractivity contribution in [1.29, 1.82) is 0 Å². The largest absolute Gasteiger partial charge is 0.488 e. The lowest BCUT2D eigenvalue weighted by atomic mass is 9.85. The Morgan fingerprint density at radius 3 is 2.75 bits per heavy atom. The van der Waals surface area contributed by atoms with Gasteiger partial charge >= 0.3 is 5.97 Å². The molecule has 0 saturated heterocycles. The van der Waals surface area contributed by atoms with Gasteiger partial charge in [0.05, 0.1) is 25.1 Å². The van der Waals surface area contributed by atoms with E-state index in [1.54, 1.807) is 41.9 Å². The Labute approximate surface area is 238 Å². The summed E-state index contributed by atoms with van der Waals surface area (Å²) in [6.07, 6.45) is -0.264. The summed E-state index contributed by atoms with van der Waals surface area (Å²) in [7, 11) is -2.02. The molecule has 0 N–H and O–H groups in total. The van der Waals surface area contributed by atoms with Gasteiger partial charge in [-0.3, -0.25) is 4.79 Å². The number of halogens is 1. The Balaban J connectivity index is 1.56. The molecule has 0 amide bonds. The summed E-state index contributed by atoms with van der Waals surface area (Å²) in [6.45, 7) is 6.05. The number of aromatic nitrogens is 3. The first kappa shape index (κ1) is 28.1. The van der Waals surface area contributed by atoms with Crippen LogP contribution in [0.5, 0.6) is 5.75 Å². The number of rotatable bonds is 7. The second kappa shape index (κ2) is 11.2. The molecule has 0 saturated carbocycles. The molecule has 4 aromatic rings. The lowest BCUT2D eigenvalue weighted by Gasteiger charge is -2.24. The molecular formula is C29H31ClN4O5S. The molecule has 3 aromatic carbocycles. The molecule has 9 nitrogen and oxygen atoms in total. The molecule has 1 aromatic heterocycles. The Hall–Kier alpha value is -3.47. The smallest absolute Gasteiger partial charge is 0.306 e. The molecule has 210 valence electrons. The van der Waals surface area contributed by atoms with Crippen molar-refractivity contribution in [3.63, 3.8) is 0 Å². The normalized spacial score (nSPS) is 17.6. The van der Waals surface area contributed by atoms with Crippen molar-refractivity contribution in [2.75, 3.05) is 13.2 Å². The van der Waals surface area contributed by atoms with E-state index in [2.05, 4.69) is 10.3 Å². The number of carbonyl (C=O) groups is 1. The van der Waals surface area contributed by atoms with E-state index in [0.717, 1.165) is 27.7 Å². The van der Waals surface area contributed by atoms with Gasteiger partial charge in [-0.25, -0.2) is 13.1 Å². The average molecular weight is 583 g/mol. The van der Waals surface area contributed by atoms with Gasteiger partial charge in [0.1, 0.15) is 22.3 Å². The van der Waals surface area contributed by atoms with Crippen molar-refractivity contribution in [3.8, 4) is 5.75 Å². The van der Waals surface area contributed by atoms with Crippen LogP contribution in [0, 0.1) is 6.92 Å². The number of hydrogen-bond acceptors (Lipinski definition) is 7. The number of esters is 1. The van der Waals surface area contributed by atoms with E-state index in [-0.39, 0.29) is 49.0 Å². The van der Waals surface area contributed by atoms with E-state index in [0.29, 0.717) is 16.3 Å². The van der Waals surface area contributed by atoms with Crippen molar-refractivity contribution < 1.29 is 22.7 Å². The second-order valence-corrected chi connectivity index (χ2v) is 12.3. The zero-order valence-corrected chi connectivity index (χ0v) is 24.4. The molecule has 2 atom stereocenters. The topological polar surface area (TPSA) is 104 Å². The quantitative estimate of drug-likeness (QED) is 0.283. The number of benzene rings is 3. The predicted octanol–water partition coefficient (Wildman–Crippen LogP) is 4.99. The third-order valence-electron chi connectivity index (χ3n) is 7.21. The monoisotopic (exact) mass is 582 g/mol. The van der Waals surface area contributed by atoms with Crippen LogP contribution >= 0.6 is 11.6 Å². The van der Waals surface area contributed by atoms with Gasteiger partial charge in [-0.1, -0.05) is 47.1 Å². The predicted molar refractivity (Wildman–Crippen MR) is 152 cm³/mol. The van der Waals surface area contributed by atoms with Gasteiger partial charge < -0.3 is 9.47 Å². The van der Waals surface area contributed by atoms with Gasteiger partial charge in [-0.05, 0) is 67.3 Å². The molecule has 0 radical (unpaired) electrons. The van der Waals surface area contributed by atoms with E-state index in [4.69, 9.17) is 21.1 Å². The van der Waals surface area contributed by atoms with Crippen LogP contribution in [-0.2, 0) is 33.1 Å². The average Bonchev–Trinajstić information content (AvgIpc) is 3.26. The second-order valence-electron chi connectivity index (χ2n) is 9.95. The number of aryl methyl sites for hydroxylation is 2. The molecule has 0 spiro atoms. The third kappa shape index (κ3) is 5.31. The van der Waals surface area contributed by atoms with Gasteiger partial charge in [0.15, 0.2) is 0 Å². The maximum atomic E-state index is 13.6. The molecule has 40 heavy (non-hydrogen) atoms. The Morgan fingerprint density at radius 2 is 1.98 bits per heavy atom. The molecular weight excluding hydrogens is 552 g/mol. The van der Waals surface area contributed by atoms with Gasteiger partial charge in [0, 0.05) is 24.5 Å². The zero-order valence-electron chi connectivity index (χ0n) is 22.8. The van der Waals surface area contributed by atoms with E-state index < -0.39 is 10.0 Å². The minimum atomic E-state index is -3.85. The summed E-state index contributed by atoms with van der Waals surface area (Å²) in [5, 5.41) is 8.89. The molecule has 0 bridgehead atoms. The highest BCUT2D eigenvalue weighted by Crippen LogP contribution is 2.37. The van der Waals surface area contributed by atoms with Crippen LogP contribution in [0.4, 0.5) is 0 Å². The number of fused-ring (bicyclic) bond motifs is 2. The van der Waals surface area contributed by atoms with Crippen molar-refractivity contribution in [1.82, 2.24) is 19.3 Å². The molecule has 11 heteroatoms. The molecule has 1 aliphatic rings. The van der Waals surface area contributed by atoms with Crippen LogP contribution in [0.2, 0.25) is 5.02 Å². The Morgan fingerprint density at radius 1 is 1.20 bits per heavy atom. The summed E-state index contributed by atoms with van der Waals surface area (Å²) in [6, 6.07) is 16.1. The lowest BCUT2D eigenvalue weighted by Crippen LogP contribution is -2.35. The number of para-hydroxylation sites is 1. The van der Waals surface area contributed by atoms with E-state index >= 15 is 0 Å². The number of hydrogen-bond donors (Lipinski definition) is 0. The highest BCUT2D eigenvalue weighted by molar-refractivity contribution is 7.89. The molecule has 0 fully saturated rings. The number of sulfonamides is 1.